The summed E-state index contributed by atoms with van der Waals surface area (Å²) in [6, 6.07) is 43.5. The van der Waals surface area contributed by atoms with Gasteiger partial charge in [0.25, 0.3) is 0 Å². The fraction of sp³-hybridized carbons (Fsp3) is 0.294. The quantitative estimate of drug-likeness (QED) is 0.210. The van der Waals surface area contributed by atoms with Gasteiger partial charge in [-0.15, -0.1) is 0 Å². The van der Waals surface area contributed by atoms with E-state index >= 15 is 0 Å². The Hall–Kier alpha value is -2.63. The van der Waals surface area contributed by atoms with E-state index in [1.807, 2.05) is 0 Å². The van der Waals surface area contributed by atoms with E-state index in [4.69, 9.17) is 0 Å². The second-order valence-corrected chi connectivity index (χ2v) is 16.5. The summed E-state index contributed by atoms with van der Waals surface area (Å²) in [6.07, 6.45) is 0.171. The normalized spacial score (nSPS) is 12.1. The molecule has 0 amide bonds. The van der Waals surface area contributed by atoms with Crippen molar-refractivity contribution >= 4 is 35.9 Å². The van der Waals surface area contributed by atoms with E-state index in [2.05, 4.69) is 170 Å². The lowest BCUT2D eigenvalue weighted by molar-refractivity contribution is 0.705. The topological polar surface area (TPSA) is 0 Å². The van der Waals surface area contributed by atoms with Crippen LogP contribution in [0.15, 0.2) is 121 Å². The minimum atomic E-state index is -1.22. The van der Waals surface area contributed by atoms with Gasteiger partial charge in [0.2, 0.25) is 0 Å². The molecule has 0 saturated heterocycles. The Bertz CT molecular complexity index is 981. The zero-order valence-electron chi connectivity index (χ0n) is 23.3. The molecular weight excluding hydrogens is 450 g/mol. The number of rotatable bonds is 5. The third-order valence-corrected chi connectivity index (χ3v) is 11.7. The molecule has 4 aromatic rings. The van der Waals surface area contributed by atoms with E-state index in [9.17, 15) is 0 Å². The van der Waals surface area contributed by atoms with Crippen molar-refractivity contribution in [3.8, 4) is 0 Å². The first kappa shape index (κ1) is 28.0. The molecule has 188 valence electrons. The molecular formula is C34H44BP. The summed E-state index contributed by atoms with van der Waals surface area (Å²) in [5.41, 5.74) is 5.36. The highest BCUT2D eigenvalue weighted by Crippen LogP contribution is 2.58. The third kappa shape index (κ3) is 6.38. The fourth-order valence-electron chi connectivity index (χ4n) is 6.31. The average molecular weight is 495 g/mol. The molecule has 0 aliphatic carbocycles. The van der Waals surface area contributed by atoms with Crippen LogP contribution in [0.25, 0.3) is 0 Å². The van der Waals surface area contributed by atoms with Crippen LogP contribution >= 0.6 is 7.92 Å². The summed E-state index contributed by atoms with van der Waals surface area (Å²) in [6.45, 7) is 16.6. The predicted molar refractivity (Wildman–Crippen MR) is 168 cm³/mol. The van der Waals surface area contributed by atoms with Crippen LogP contribution in [0.1, 0.15) is 48.5 Å². The summed E-state index contributed by atoms with van der Waals surface area (Å²) < 4.78 is 0. The Morgan fingerprint density at radius 2 is 0.667 bits per heavy atom. The van der Waals surface area contributed by atoms with Gasteiger partial charge in [-0.05, 0) is 48.5 Å². The van der Waals surface area contributed by atoms with Gasteiger partial charge in [0, 0.05) is 7.92 Å². The van der Waals surface area contributed by atoms with Crippen molar-refractivity contribution in [3.63, 3.8) is 0 Å². The highest BCUT2D eigenvalue weighted by atomic mass is 31.1. The molecule has 0 aliphatic rings. The maximum absolute atomic E-state index is 2.38. The molecule has 0 aromatic heterocycles. The van der Waals surface area contributed by atoms with Crippen LogP contribution in [0.5, 0.6) is 0 Å². The second kappa shape index (κ2) is 12.1. The third-order valence-electron chi connectivity index (χ3n) is 7.36. The predicted octanol–water partition coefficient (Wildman–Crippen LogP) is 6.88. The number of hydrogen-bond donors (Lipinski definition) is 0. The van der Waals surface area contributed by atoms with Crippen molar-refractivity contribution in [2.45, 2.75) is 58.8 Å². The molecule has 0 spiro atoms. The maximum Gasteiger partial charge on any atom is 0.108 e. The van der Waals surface area contributed by atoms with E-state index in [1.54, 1.807) is 0 Å². The van der Waals surface area contributed by atoms with Gasteiger partial charge in [-0.1, -0.05) is 121 Å². The largest absolute Gasteiger partial charge is 0.195 e. The Morgan fingerprint density at radius 1 is 0.444 bits per heavy atom. The van der Waals surface area contributed by atoms with Crippen LogP contribution in [-0.4, -0.2) is 22.6 Å². The molecule has 0 heterocycles. The Labute approximate surface area is 221 Å². The molecule has 36 heavy (non-hydrogen) atoms. The van der Waals surface area contributed by atoms with Crippen LogP contribution in [0.3, 0.4) is 0 Å². The molecule has 0 nitrogen and oxygen atoms in total. The summed E-state index contributed by atoms with van der Waals surface area (Å²) in [4.78, 5) is 0. The highest BCUT2D eigenvalue weighted by Gasteiger charge is 2.40. The lowest BCUT2D eigenvalue weighted by Crippen LogP contribution is -2.74. The van der Waals surface area contributed by atoms with Crippen LogP contribution < -0.4 is 21.9 Å². The van der Waals surface area contributed by atoms with Gasteiger partial charge in [-0.2, -0.15) is 21.9 Å². The maximum atomic E-state index is 2.38. The first-order valence-electron chi connectivity index (χ1n) is 13.4. The zero-order valence-corrected chi connectivity index (χ0v) is 24.3. The standard InChI is InChI=1S/C24H20B.C10H23P/c1-5-13-21(14-6-1)25(22-15-7-2-8-16-22,23-17-9-3-10-18-23)24-19-11-4-12-20-24;1-8-11(9(2,3)4)10(5,6)7/h1-20H;8H2,1-7H3/q-1;/p+1. The van der Waals surface area contributed by atoms with E-state index < -0.39 is 6.15 Å². The minimum Gasteiger partial charge on any atom is -0.195 e. The van der Waals surface area contributed by atoms with E-state index in [0.29, 0.717) is 10.3 Å². The second-order valence-electron chi connectivity index (χ2n) is 11.8. The summed E-state index contributed by atoms with van der Waals surface area (Å²) in [7, 11) is -0.215. The number of hydrogen-bond acceptors (Lipinski definition) is 0. The molecule has 0 N–H and O–H groups in total. The molecule has 4 rings (SSSR count). The van der Waals surface area contributed by atoms with E-state index in [0.717, 1.165) is 0 Å². The van der Waals surface area contributed by atoms with E-state index in [1.165, 1.54) is 28.0 Å². The van der Waals surface area contributed by atoms with Gasteiger partial charge < -0.3 is 0 Å². The van der Waals surface area contributed by atoms with Crippen molar-refractivity contribution in [2.75, 3.05) is 6.16 Å². The zero-order chi connectivity index (χ0) is 26.2. The average Bonchev–Trinajstić information content (AvgIpc) is 2.86. The first-order chi connectivity index (χ1) is 17.1. The summed E-state index contributed by atoms with van der Waals surface area (Å²) in [5, 5.41) is 1.11. The van der Waals surface area contributed by atoms with Crippen LogP contribution in [0.2, 0.25) is 0 Å². The van der Waals surface area contributed by atoms with Gasteiger partial charge >= 0.3 is 0 Å². The molecule has 4 aromatic carbocycles. The van der Waals surface area contributed by atoms with Gasteiger partial charge in [-0.3, -0.25) is 0 Å². The fourth-order valence-corrected chi connectivity index (χ4v) is 10.7. The molecule has 0 saturated carbocycles. The van der Waals surface area contributed by atoms with Gasteiger partial charge in [0.15, 0.2) is 0 Å². The molecule has 2 heteroatoms. The smallest absolute Gasteiger partial charge is 0.108 e. The van der Waals surface area contributed by atoms with Crippen molar-refractivity contribution in [2.24, 2.45) is 0 Å². The molecule has 0 fully saturated rings. The van der Waals surface area contributed by atoms with Crippen molar-refractivity contribution in [1.82, 2.24) is 0 Å². The van der Waals surface area contributed by atoms with Crippen molar-refractivity contribution < 1.29 is 0 Å². The highest BCUT2D eigenvalue weighted by molar-refractivity contribution is 7.60. The molecule has 0 bridgehead atoms. The monoisotopic (exact) mass is 494 g/mol. The molecule has 0 radical (unpaired) electrons. The van der Waals surface area contributed by atoms with Gasteiger partial charge in [0.05, 0.1) is 16.5 Å². The molecule has 0 aliphatic heterocycles. The molecule has 0 atom stereocenters. The Kier molecular flexibility index (Phi) is 9.38. The molecule has 0 unspecified atom stereocenters. The summed E-state index contributed by atoms with van der Waals surface area (Å²) >= 11 is 0. The lowest BCUT2D eigenvalue weighted by atomic mass is 9.13. The van der Waals surface area contributed by atoms with E-state index in [-0.39, 0.29) is 7.92 Å². The first-order valence-corrected chi connectivity index (χ1v) is 15.1. The Balaban J connectivity index is 0.000000280. The van der Waals surface area contributed by atoms with Gasteiger partial charge in [0.1, 0.15) is 6.15 Å². The van der Waals surface area contributed by atoms with Crippen molar-refractivity contribution in [1.29, 1.82) is 0 Å². The van der Waals surface area contributed by atoms with Gasteiger partial charge in [-0.25, -0.2) is 0 Å². The number of benzene rings is 4. The van der Waals surface area contributed by atoms with Crippen LogP contribution in [0.4, 0.5) is 0 Å². The van der Waals surface area contributed by atoms with Crippen LogP contribution in [-0.2, 0) is 0 Å². The lowest BCUT2D eigenvalue weighted by Gasteiger charge is -2.44. The summed E-state index contributed by atoms with van der Waals surface area (Å²) in [5.74, 6) is 0. The Morgan fingerprint density at radius 3 is 0.806 bits per heavy atom. The SMILES string of the molecule is CC[PH+](C(C)(C)C)C(C)(C)C.c1ccc([B-](c2ccccc2)(c2ccccc2)c2ccccc2)cc1. The van der Waals surface area contributed by atoms with Crippen LogP contribution in [0, 0.1) is 0 Å². The minimum absolute atomic E-state index is 0.215. The van der Waals surface area contributed by atoms with Crippen molar-refractivity contribution in [3.05, 3.63) is 121 Å².